The fourth-order valence-electron chi connectivity index (χ4n) is 0. The first-order chi connectivity index (χ1) is 1.41. The first-order valence-corrected chi connectivity index (χ1v) is 0.512. The predicted octanol–water partition coefficient (Wildman–Crippen LogP) is -1.11. The molecule has 3 heteroatoms. The normalized spacial score (nSPS) is 1.75. The van der Waals surface area contributed by atoms with Gasteiger partial charge in [-0.05, 0) is 0 Å². The van der Waals surface area contributed by atoms with Crippen LogP contribution in [0.15, 0.2) is 0 Å². The number of nitrogens with two attached hydrogens (primary N) is 1. The van der Waals surface area contributed by atoms with Gasteiger partial charge in [0.25, 0.3) is 0 Å². The first kappa shape index (κ1) is 8.85. The van der Waals surface area contributed by atoms with Crippen LogP contribution in [-0.4, -0.2) is 29.6 Å². The third-order valence-electron chi connectivity index (χ3n) is 0. The van der Waals surface area contributed by atoms with Crippen molar-refractivity contribution in [2.45, 2.75) is 0 Å². The molecule has 2 nitrogen and oxygen atoms in total. The third-order valence-corrected chi connectivity index (χ3v) is 0. The molecule has 0 radical (unpaired) electrons. The van der Waals surface area contributed by atoms with Crippen LogP contribution < -0.4 is 5.73 Å². The van der Waals surface area contributed by atoms with Gasteiger partial charge in [0.15, 0.2) is 6.19 Å². The molecular formula is CH4N2Na+. The van der Waals surface area contributed by atoms with Gasteiger partial charge in [0, 0.05) is 0 Å². The average molecular weight is 67.0 g/mol. The molecule has 0 atom stereocenters. The average Bonchev–Trinajstić information content (AvgIpc) is 0.918. The molecule has 0 heterocycles. The van der Waals surface area contributed by atoms with Crippen molar-refractivity contribution in [1.82, 2.24) is 0 Å². The van der Waals surface area contributed by atoms with E-state index in [1.54, 1.807) is 0 Å². The first-order valence-electron chi connectivity index (χ1n) is 0.512. The number of rotatable bonds is 0. The third kappa shape index (κ3) is 45.3. The minimum atomic E-state index is 0. The summed E-state index contributed by atoms with van der Waals surface area (Å²) >= 11 is 0. The zero-order valence-corrected chi connectivity index (χ0v) is 1.52. The van der Waals surface area contributed by atoms with E-state index >= 15 is 0 Å². The van der Waals surface area contributed by atoms with Gasteiger partial charge in [-0.25, -0.2) is 0 Å². The molecule has 18 valence electrons. The summed E-state index contributed by atoms with van der Waals surface area (Å²) in [6.07, 6.45) is 1.25. The summed E-state index contributed by atoms with van der Waals surface area (Å²) in [6.45, 7) is 0. The second-order valence-corrected chi connectivity index (χ2v) is 0.129. The summed E-state index contributed by atoms with van der Waals surface area (Å²) in [4.78, 5) is 0. The number of hydrogen-bond acceptors (Lipinski definition) is 2. The van der Waals surface area contributed by atoms with Gasteiger partial charge in [-0.3, -0.25) is 0 Å². The molecule has 0 fully saturated rings. The zero-order chi connectivity index (χ0) is 2.71. The fourth-order valence-corrected chi connectivity index (χ4v) is 0. The Morgan fingerprint density at radius 1 is 2.00 bits per heavy atom. The molecule has 0 aromatic heterocycles. The van der Waals surface area contributed by atoms with Crippen molar-refractivity contribution in [3.05, 3.63) is 0 Å². The molecule has 0 amide bonds. The van der Waals surface area contributed by atoms with E-state index in [-0.39, 0.29) is 31.0 Å². The van der Waals surface area contributed by atoms with Crippen LogP contribution in [0.2, 0.25) is 0 Å². The predicted molar refractivity (Wildman–Crippen MR) is 18.1 cm³/mol. The van der Waals surface area contributed by atoms with Gasteiger partial charge < -0.3 is 5.73 Å². The van der Waals surface area contributed by atoms with Crippen molar-refractivity contribution in [2.24, 2.45) is 5.73 Å². The van der Waals surface area contributed by atoms with E-state index in [1.807, 2.05) is 0 Å². The van der Waals surface area contributed by atoms with Gasteiger partial charge in [-0.15, -0.1) is 0 Å². The van der Waals surface area contributed by atoms with Crippen LogP contribution in [0, 0.1) is 11.5 Å². The van der Waals surface area contributed by atoms with Gasteiger partial charge in [-0.2, -0.15) is 5.26 Å². The zero-order valence-electron chi connectivity index (χ0n) is 2.52. The summed E-state index contributed by atoms with van der Waals surface area (Å²) in [5.74, 6) is 0. The van der Waals surface area contributed by atoms with E-state index in [9.17, 15) is 0 Å². The van der Waals surface area contributed by atoms with Crippen molar-refractivity contribution in [1.29, 1.82) is 5.26 Å². The number of hydrogen-bond donors (Lipinski definition) is 1. The Balaban J connectivity index is -0.0000000200. The summed E-state index contributed by atoms with van der Waals surface area (Å²) in [7, 11) is 0. The number of nitriles is 1. The van der Waals surface area contributed by atoms with Crippen LogP contribution in [0.1, 0.15) is 1.43 Å². The SMILES string of the molecule is N#CN.[H+].[NaH]. The van der Waals surface area contributed by atoms with Crippen molar-refractivity contribution in [2.75, 3.05) is 0 Å². The van der Waals surface area contributed by atoms with Gasteiger partial charge in [0.2, 0.25) is 0 Å². The minimum absolute atomic E-state index is 0. The molecule has 0 aliphatic heterocycles. The monoisotopic (exact) mass is 67.0 g/mol. The summed E-state index contributed by atoms with van der Waals surface area (Å²) in [5, 5.41) is 7.10. The van der Waals surface area contributed by atoms with Crippen LogP contribution in [0.5, 0.6) is 0 Å². The summed E-state index contributed by atoms with van der Waals surface area (Å²) in [5.41, 5.74) is 4.15. The quantitative estimate of drug-likeness (QED) is 0.222. The van der Waals surface area contributed by atoms with E-state index in [0.29, 0.717) is 0 Å². The second kappa shape index (κ2) is 10.4. The molecular weight excluding hydrogens is 63.0 g/mol. The molecule has 0 rings (SSSR count). The fraction of sp³-hybridized carbons (Fsp3) is 0. The van der Waals surface area contributed by atoms with E-state index in [4.69, 9.17) is 5.26 Å². The van der Waals surface area contributed by atoms with Crippen molar-refractivity contribution in [3.8, 4) is 6.19 Å². The van der Waals surface area contributed by atoms with Crippen molar-refractivity contribution >= 4 is 29.6 Å². The second-order valence-electron chi connectivity index (χ2n) is 0.129. The Morgan fingerprint density at radius 3 is 2.00 bits per heavy atom. The summed E-state index contributed by atoms with van der Waals surface area (Å²) < 4.78 is 0. The molecule has 0 aromatic carbocycles. The molecule has 0 aromatic rings. The Bertz CT molecular complexity index is 31.1. The Hall–Kier alpha value is 0.290. The van der Waals surface area contributed by atoms with Gasteiger partial charge in [0.1, 0.15) is 0 Å². The van der Waals surface area contributed by atoms with Crippen LogP contribution in [-0.2, 0) is 0 Å². The van der Waals surface area contributed by atoms with E-state index in [2.05, 4.69) is 5.73 Å². The van der Waals surface area contributed by atoms with Crippen LogP contribution in [0.4, 0.5) is 0 Å². The molecule has 0 aliphatic rings. The van der Waals surface area contributed by atoms with Gasteiger partial charge in [0.05, 0.1) is 0 Å². The number of nitrogens with zero attached hydrogens (tertiary/aromatic N) is 1. The Labute approximate surface area is 48.4 Å². The summed E-state index contributed by atoms with van der Waals surface area (Å²) in [6, 6.07) is 0. The van der Waals surface area contributed by atoms with Crippen molar-refractivity contribution < 1.29 is 1.43 Å². The maximum absolute atomic E-state index is 7.10. The van der Waals surface area contributed by atoms with Gasteiger partial charge in [-0.1, -0.05) is 0 Å². The maximum atomic E-state index is 7.10. The molecule has 0 spiro atoms. The molecule has 4 heavy (non-hydrogen) atoms. The molecule has 2 N–H and O–H groups in total. The molecule has 0 saturated carbocycles. The molecule has 0 aliphatic carbocycles. The van der Waals surface area contributed by atoms with Crippen LogP contribution in [0.3, 0.4) is 0 Å². The Morgan fingerprint density at radius 2 is 2.00 bits per heavy atom. The van der Waals surface area contributed by atoms with Crippen molar-refractivity contribution in [3.63, 3.8) is 0 Å². The van der Waals surface area contributed by atoms with E-state index in [1.165, 1.54) is 6.19 Å². The van der Waals surface area contributed by atoms with E-state index in [0.717, 1.165) is 0 Å². The van der Waals surface area contributed by atoms with E-state index < -0.39 is 0 Å². The Kier molecular flexibility index (Phi) is 23.0. The van der Waals surface area contributed by atoms with Crippen LogP contribution >= 0.6 is 0 Å². The molecule has 0 saturated heterocycles. The van der Waals surface area contributed by atoms with Crippen LogP contribution in [0.25, 0.3) is 0 Å². The topological polar surface area (TPSA) is 49.8 Å². The standard InChI is InChI=1S/CH2N2.Na.H/c2-1-3;;/h2H2;;/p+1. The van der Waals surface area contributed by atoms with Gasteiger partial charge >= 0.3 is 31.0 Å². The molecule has 0 bridgehead atoms. The molecule has 0 unspecified atom stereocenters.